The lowest BCUT2D eigenvalue weighted by molar-refractivity contribution is -0.148. The number of amides is 2. The molecule has 2 aromatic rings. The second kappa shape index (κ2) is 9.58. The van der Waals surface area contributed by atoms with Crippen molar-refractivity contribution in [2.24, 2.45) is 0 Å². The third-order valence-corrected chi connectivity index (χ3v) is 4.33. The van der Waals surface area contributed by atoms with Gasteiger partial charge < -0.3 is 15.4 Å². The topological polar surface area (TPSA) is 84.5 Å². The van der Waals surface area contributed by atoms with Gasteiger partial charge in [-0.2, -0.15) is 0 Å². The van der Waals surface area contributed by atoms with E-state index in [2.05, 4.69) is 10.6 Å². The fourth-order valence-corrected chi connectivity index (χ4v) is 2.68. The number of esters is 1. The Balaban J connectivity index is 1.60. The first kappa shape index (κ1) is 18.7. The van der Waals surface area contributed by atoms with E-state index in [-0.39, 0.29) is 31.4 Å². The zero-order chi connectivity index (χ0) is 18.1. The van der Waals surface area contributed by atoms with Crippen LogP contribution in [0.15, 0.2) is 41.8 Å². The highest BCUT2D eigenvalue weighted by Crippen LogP contribution is 2.07. The maximum atomic E-state index is 11.7. The molecule has 0 radical (unpaired) electrons. The van der Waals surface area contributed by atoms with Crippen molar-refractivity contribution in [3.8, 4) is 0 Å². The molecule has 132 valence electrons. The van der Waals surface area contributed by atoms with Crippen molar-refractivity contribution >= 4 is 29.1 Å². The van der Waals surface area contributed by atoms with Crippen molar-refractivity contribution in [3.63, 3.8) is 0 Å². The molecule has 0 fully saturated rings. The first-order valence-electron chi connectivity index (χ1n) is 7.85. The van der Waals surface area contributed by atoms with E-state index in [1.807, 2.05) is 31.2 Å². The zero-order valence-corrected chi connectivity index (χ0v) is 14.7. The summed E-state index contributed by atoms with van der Waals surface area (Å²) in [5.74, 6) is -1.12. The monoisotopic (exact) mass is 360 g/mol. The number of rotatable bonds is 8. The Morgan fingerprint density at radius 3 is 2.60 bits per heavy atom. The average molecular weight is 360 g/mol. The van der Waals surface area contributed by atoms with Crippen LogP contribution < -0.4 is 10.6 Å². The van der Waals surface area contributed by atoms with Gasteiger partial charge in [-0.25, -0.2) is 0 Å². The SMILES string of the molecule is Cc1ccccc1CNC(=O)COC(=O)CCNC(=O)c1cccs1. The lowest BCUT2D eigenvalue weighted by atomic mass is 10.1. The maximum Gasteiger partial charge on any atom is 0.308 e. The summed E-state index contributed by atoms with van der Waals surface area (Å²) < 4.78 is 4.90. The second-order valence-corrected chi connectivity index (χ2v) is 6.29. The minimum Gasteiger partial charge on any atom is -0.456 e. The van der Waals surface area contributed by atoms with Gasteiger partial charge in [0.2, 0.25) is 0 Å². The van der Waals surface area contributed by atoms with Crippen molar-refractivity contribution < 1.29 is 19.1 Å². The Bertz CT molecular complexity index is 728. The summed E-state index contributed by atoms with van der Waals surface area (Å²) in [6, 6.07) is 11.2. The summed E-state index contributed by atoms with van der Waals surface area (Å²) in [5, 5.41) is 7.13. The summed E-state index contributed by atoms with van der Waals surface area (Å²) >= 11 is 1.33. The molecule has 0 spiro atoms. The number of hydrogen-bond acceptors (Lipinski definition) is 5. The highest BCUT2D eigenvalue weighted by molar-refractivity contribution is 7.12. The quantitative estimate of drug-likeness (QED) is 0.706. The summed E-state index contributed by atoms with van der Waals surface area (Å²) in [7, 11) is 0. The van der Waals surface area contributed by atoms with Gasteiger partial charge in [-0.3, -0.25) is 14.4 Å². The van der Waals surface area contributed by atoms with E-state index in [1.54, 1.807) is 17.5 Å². The van der Waals surface area contributed by atoms with Crippen LogP contribution >= 0.6 is 11.3 Å². The Morgan fingerprint density at radius 2 is 1.88 bits per heavy atom. The van der Waals surface area contributed by atoms with Gasteiger partial charge in [0.15, 0.2) is 6.61 Å². The number of thiophene rings is 1. The molecule has 0 bridgehead atoms. The standard InChI is InChI=1S/C18H20N2O4S/c1-13-5-2-3-6-14(13)11-20-16(21)12-24-17(22)8-9-19-18(23)15-7-4-10-25-15/h2-7,10H,8-9,11-12H2,1H3,(H,19,23)(H,20,21). The van der Waals surface area contributed by atoms with Crippen LogP contribution in [0, 0.1) is 6.92 Å². The third kappa shape index (κ3) is 6.39. The molecule has 6 nitrogen and oxygen atoms in total. The molecule has 0 atom stereocenters. The molecule has 2 N–H and O–H groups in total. The molecule has 0 aliphatic heterocycles. The van der Waals surface area contributed by atoms with Crippen molar-refractivity contribution in [2.75, 3.05) is 13.2 Å². The van der Waals surface area contributed by atoms with E-state index < -0.39 is 5.97 Å². The molecule has 0 aliphatic rings. The Labute approximate surface area is 150 Å². The van der Waals surface area contributed by atoms with E-state index in [0.29, 0.717) is 11.4 Å². The van der Waals surface area contributed by atoms with E-state index in [4.69, 9.17) is 4.74 Å². The smallest absolute Gasteiger partial charge is 0.308 e. The van der Waals surface area contributed by atoms with E-state index in [0.717, 1.165) is 11.1 Å². The number of benzene rings is 1. The van der Waals surface area contributed by atoms with Gasteiger partial charge in [0, 0.05) is 13.1 Å². The minimum atomic E-state index is -0.530. The van der Waals surface area contributed by atoms with Crippen LogP contribution in [0.4, 0.5) is 0 Å². The van der Waals surface area contributed by atoms with Crippen LogP contribution in [0.5, 0.6) is 0 Å². The van der Waals surface area contributed by atoms with Gasteiger partial charge >= 0.3 is 5.97 Å². The number of hydrogen-bond donors (Lipinski definition) is 2. The van der Waals surface area contributed by atoms with Crippen LogP contribution in [0.25, 0.3) is 0 Å². The van der Waals surface area contributed by atoms with Crippen LogP contribution in [0.2, 0.25) is 0 Å². The van der Waals surface area contributed by atoms with Crippen LogP contribution in [-0.2, 0) is 20.9 Å². The average Bonchev–Trinajstić information content (AvgIpc) is 3.14. The molecule has 25 heavy (non-hydrogen) atoms. The number of nitrogens with one attached hydrogen (secondary N) is 2. The van der Waals surface area contributed by atoms with E-state index >= 15 is 0 Å². The van der Waals surface area contributed by atoms with Crippen molar-refractivity contribution in [1.29, 1.82) is 0 Å². The van der Waals surface area contributed by atoms with Crippen LogP contribution in [0.3, 0.4) is 0 Å². The first-order valence-corrected chi connectivity index (χ1v) is 8.73. The molecule has 2 amide bonds. The summed E-state index contributed by atoms with van der Waals surface area (Å²) in [6.45, 7) is 2.19. The molecule has 1 aromatic heterocycles. The van der Waals surface area contributed by atoms with Crippen LogP contribution in [0.1, 0.15) is 27.2 Å². The Morgan fingerprint density at radius 1 is 1.08 bits per heavy atom. The molecular formula is C18H20N2O4S. The molecule has 0 unspecified atom stereocenters. The highest BCUT2D eigenvalue weighted by Gasteiger charge is 2.10. The Kier molecular flexibility index (Phi) is 7.16. The van der Waals surface area contributed by atoms with Crippen molar-refractivity contribution in [3.05, 3.63) is 57.8 Å². The predicted octanol–water partition coefficient (Wildman–Crippen LogP) is 2.04. The highest BCUT2D eigenvalue weighted by atomic mass is 32.1. The van der Waals surface area contributed by atoms with E-state index in [1.165, 1.54) is 11.3 Å². The van der Waals surface area contributed by atoms with Crippen LogP contribution in [-0.4, -0.2) is 30.9 Å². The van der Waals surface area contributed by atoms with Crippen molar-refractivity contribution in [2.45, 2.75) is 19.9 Å². The van der Waals surface area contributed by atoms with Gasteiger partial charge in [-0.1, -0.05) is 30.3 Å². The normalized spacial score (nSPS) is 10.1. The molecular weight excluding hydrogens is 340 g/mol. The molecule has 0 saturated carbocycles. The Hall–Kier alpha value is -2.67. The molecule has 1 aromatic carbocycles. The summed E-state index contributed by atoms with van der Waals surface area (Å²) in [4.78, 5) is 35.6. The van der Waals surface area contributed by atoms with Gasteiger partial charge in [0.25, 0.3) is 11.8 Å². The lowest BCUT2D eigenvalue weighted by Crippen LogP contribution is -2.30. The molecule has 0 saturated heterocycles. The number of carbonyl (C=O) groups is 3. The number of aryl methyl sites for hydroxylation is 1. The van der Waals surface area contributed by atoms with Crippen molar-refractivity contribution in [1.82, 2.24) is 10.6 Å². The predicted molar refractivity (Wildman–Crippen MR) is 95.3 cm³/mol. The second-order valence-electron chi connectivity index (χ2n) is 5.35. The largest absolute Gasteiger partial charge is 0.456 e. The number of ether oxygens (including phenoxy) is 1. The fourth-order valence-electron chi connectivity index (χ4n) is 2.04. The molecule has 1 heterocycles. The first-order chi connectivity index (χ1) is 12.1. The maximum absolute atomic E-state index is 11.7. The van der Waals surface area contributed by atoms with Gasteiger partial charge in [0.05, 0.1) is 11.3 Å². The molecule has 2 rings (SSSR count). The summed E-state index contributed by atoms with van der Waals surface area (Å²) in [6.07, 6.45) is 0.0161. The molecule has 0 aliphatic carbocycles. The minimum absolute atomic E-state index is 0.0161. The van der Waals surface area contributed by atoms with Gasteiger partial charge in [0.1, 0.15) is 0 Å². The zero-order valence-electron chi connectivity index (χ0n) is 13.9. The summed E-state index contributed by atoms with van der Waals surface area (Å²) in [5.41, 5.74) is 2.10. The van der Waals surface area contributed by atoms with Gasteiger partial charge in [-0.15, -0.1) is 11.3 Å². The lowest BCUT2D eigenvalue weighted by Gasteiger charge is -2.08. The molecule has 7 heteroatoms. The van der Waals surface area contributed by atoms with Gasteiger partial charge in [-0.05, 0) is 29.5 Å². The third-order valence-electron chi connectivity index (χ3n) is 3.46. The number of carbonyl (C=O) groups excluding carboxylic acids is 3. The van der Waals surface area contributed by atoms with E-state index in [9.17, 15) is 14.4 Å². The fraction of sp³-hybridized carbons (Fsp3) is 0.278.